The van der Waals surface area contributed by atoms with Gasteiger partial charge in [-0.25, -0.2) is 13.8 Å². The molecule has 0 unspecified atom stereocenters. The van der Waals surface area contributed by atoms with Gasteiger partial charge in [-0.2, -0.15) is 0 Å². The van der Waals surface area contributed by atoms with Crippen molar-refractivity contribution in [3.8, 4) is 5.88 Å². The maximum absolute atomic E-state index is 15.3. The van der Waals surface area contributed by atoms with Gasteiger partial charge in [-0.05, 0) is 79.0 Å². The standard InChI is InChI=1S/C32H39F2N3O5/c1-17(2)13-25(37-29(40)21-11-10-19(4)35-31(21)42-7)30(41)36-24(16-26(38)39)22-14-20(15-23(33)28(22)34)27-18(3)9-8-12-32(27,5)6/h8-11,14-15,17,24-25H,12-13,16H2,1-7H3,(H,36,41)(H,37,40)(H,38,39)/t24-,25-/m0/s1. The fourth-order valence-electron chi connectivity index (χ4n) is 5.36. The van der Waals surface area contributed by atoms with Crippen LogP contribution in [0, 0.1) is 29.9 Å². The second-order valence-electron chi connectivity index (χ2n) is 11.7. The van der Waals surface area contributed by atoms with Crippen LogP contribution in [-0.4, -0.2) is 41.0 Å². The summed E-state index contributed by atoms with van der Waals surface area (Å²) in [7, 11) is 1.37. The lowest BCUT2D eigenvalue weighted by molar-refractivity contribution is -0.137. The van der Waals surface area contributed by atoms with E-state index < -0.39 is 47.9 Å². The Hall–Kier alpha value is -4.08. The number of aryl methyl sites for hydroxylation is 1. The summed E-state index contributed by atoms with van der Waals surface area (Å²) < 4.78 is 35.6. The Labute approximate surface area is 245 Å². The van der Waals surface area contributed by atoms with Gasteiger partial charge in [0, 0.05) is 11.3 Å². The lowest BCUT2D eigenvalue weighted by Crippen LogP contribution is -2.48. The molecule has 0 aliphatic heterocycles. The molecule has 10 heteroatoms. The molecule has 1 aliphatic carbocycles. The fourth-order valence-corrected chi connectivity index (χ4v) is 5.36. The van der Waals surface area contributed by atoms with Crippen LogP contribution in [0.15, 0.2) is 42.0 Å². The number of carboxylic acid groups (broad SMARTS) is 1. The molecule has 0 bridgehead atoms. The Balaban J connectivity index is 2.00. The number of pyridine rings is 1. The lowest BCUT2D eigenvalue weighted by atomic mass is 9.72. The number of carboxylic acids is 1. The number of nitrogens with zero attached hydrogens (tertiary/aromatic N) is 1. The van der Waals surface area contributed by atoms with Crippen LogP contribution in [0.4, 0.5) is 8.78 Å². The summed E-state index contributed by atoms with van der Waals surface area (Å²) in [6.07, 6.45) is 4.10. The van der Waals surface area contributed by atoms with E-state index in [-0.39, 0.29) is 34.8 Å². The summed E-state index contributed by atoms with van der Waals surface area (Å²) in [5, 5.41) is 14.9. The van der Waals surface area contributed by atoms with Crippen molar-refractivity contribution >= 4 is 23.4 Å². The molecule has 0 saturated heterocycles. The van der Waals surface area contributed by atoms with Crippen LogP contribution in [0.3, 0.4) is 0 Å². The first kappa shape index (κ1) is 32.4. The predicted octanol–water partition coefficient (Wildman–Crippen LogP) is 5.91. The summed E-state index contributed by atoms with van der Waals surface area (Å²) in [5.41, 5.74) is 2.16. The highest BCUT2D eigenvalue weighted by Crippen LogP contribution is 2.44. The van der Waals surface area contributed by atoms with Crippen molar-refractivity contribution in [1.29, 1.82) is 0 Å². The number of amides is 2. The van der Waals surface area contributed by atoms with Crippen molar-refractivity contribution in [2.24, 2.45) is 11.3 Å². The first-order valence-corrected chi connectivity index (χ1v) is 13.9. The third kappa shape index (κ3) is 7.60. The van der Waals surface area contributed by atoms with E-state index in [0.29, 0.717) is 17.7 Å². The smallest absolute Gasteiger partial charge is 0.305 e. The quantitative estimate of drug-likeness (QED) is 0.303. The Morgan fingerprint density at radius 1 is 1.12 bits per heavy atom. The maximum Gasteiger partial charge on any atom is 0.305 e. The van der Waals surface area contributed by atoms with Crippen molar-refractivity contribution in [3.05, 3.63) is 76.0 Å². The lowest BCUT2D eigenvalue weighted by Gasteiger charge is -2.32. The normalized spacial score (nSPS) is 15.8. The second-order valence-corrected chi connectivity index (χ2v) is 11.7. The first-order chi connectivity index (χ1) is 19.6. The van der Waals surface area contributed by atoms with Crippen molar-refractivity contribution in [1.82, 2.24) is 15.6 Å². The molecule has 2 atom stereocenters. The van der Waals surface area contributed by atoms with Crippen LogP contribution in [-0.2, 0) is 9.59 Å². The number of benzene rings is 1. The van der Waals surface area contributed by atoms with Crippen molar-refractivity contribution < 1.29 is 33.0 Å². The number of hydrogen-bond donors (Lipinski definition) is 3. The number of ether oxygens (including phenoxy) is 1. The van der Waals surface area contributed by atoms with Gasteiger partial charge < -0.3 is 20.5 Å². The molecular formula is C32H39F2N3O5. The zero-order valence-corrected chi connectivity index (χ0v) is 25.1. The minimum atomic E-state index is -1.41. The Morgan fingerprint density at radius 2 is 1.81 bits per heavy atom. The molecule has 1 aromatic heterocycles. The van der Waals surface area contributed by atoms with Crippen LogP contribution < -0.4 is 15.4 Å². The number of rotatable bonds is 11. The second kappa shape index (κ2) is 13.3. The van der Waals surface area contributed by atoms with Gasteiger partial charge in [-0.1, -0.05) is 39.8 Å². The van der Waals surface area contributed by atoms with Crippen LogP contribution in [0.5, 0.6) is 5.88 Å². The third-order valence-electron chi connectivity index (χ3n) is 7.25. The molecule has 3 N–H and O–H groups in total. The average Bonchev–Trinajstić information content (AvgIpc) is 2.88. The molecule has 42 heavy (non-hydrogen) atoms. The molecule has 2 aromatic rings. The monoisotopic (exact) mass is 583 g/mol. The Kier molecular flexibility index (Phi) is 10.2. The van der Waals surface area contributed by atoms with Gasteiger partial charge in [0.2, 0.25) is 11.8 Å². The van der Waals surface area contributed by atoms with Crippen molar-refractivity contribution in [3.63, 3.8) is 0 Å². The molecular weight excluding hydrogens is 544 g/mol. The van der Waals surface area contributed by atoms with E-state index in [1.165, 1.54) is 19.2 Å². The number of methoxy groups -OCH3 is 1. The van der Waals surface area contributed by atoms with Gasteiger partial charge in [0.05, 0.1) is 19.6 Å². The minimum absolute atomic E-state index is 0.0500. The van der Waals surface area contributed by atoms with Gasteiger partial charge in [-0.15, -0.1) is 0 Å². The summed E-state index contributed by atoms with van der Waals surface area (Å²) in [5.74, 6) is -5.03. The zero-order valence-electron chi connectivity index (χ0n) is 25.1. The van der Waals surface area contributed by atoms with E-state index in [9.17, 15) is 19.5 Å². The van der Waals surface area contributed by atoms with E-state index in [2.05, 4.69) is 15.6 Å². The molecule has 0 saturated carbocycles. The highest BCUT2D eigenvalue weighted by Gasteiger charge is 2.32. The van der Waals surface area contributed by atoms with E-state index in [1.54, 1.807) is 13.0 Å². The number of aromatic nitrogens is 1. The molecule has 2 amide bonds. The molecule has 0 radical (unpaired) electrons. The highest BCUT2D eigenvalue weighted by molar-refractivity contribution is 5.99. The maximum atomic E-state index is 15.3. The summed E-state index contributed by atoms with van der Waals surface area (Å²) in [4.78, 5) is 42.7. The van der Waals surface area contributed by atoms with Crippen LogP contribution >= 0.6 is 0 Å². The van der Waals surface area contributed by atoms with Gasteiger partial charge in [0.15, 0.2) is 11.6 Å². The number of aliphatic carboxylic acids is 1. The molecule has 8 nitrogen and oxygen atoms in total. The zero-order chi connectivity index (χ0) is 31.4. The molecule has 1 heterocycles. The van der Waals surface area contributed by atoms with E-state index >= 15 is 8.78 Å². The van der Waals surface area contributed by atoms with Crippen LogP contribution in [0.1, 0.15) is 87.1 Å². The number of halogens is 2. The number of carbonyl (C=O) groups excluding carboxylic acids is 2. The van der Waals surface area contributed by atoms with Gasteiger partial charge >= 0.3 is 5.97 Å². The minimum Gasteiger partial charge on any atom is -0.481 e. The number of allylic oxidation sites excluding steroid dienone is 4. The molecule has 226 valence electrons. The Bertz CT molecular complexity index is 1430. The van der Waals surface area contributed by atoms with Gasteiger partial charge in [0.1, 0.15) is 11.6 Å². The van der Waals surface area contributed by atoms with Crippen LogP contribution in [0.2, 0.25) is 0 Å². The molecule has 1 aromatic carbocycles. The number of hydrogen-bond acceptors (Lipinski definition) is 5. The average molecular weight is 584 g/mol. The molecule has 3 rings (SSSR count). The van der Waals surface area contributed by atoms with E-state index in [1.807, 2.05) is 46.8 Å². The molecule has 0 spiro atoms. The summed E-state index contributed by atoms with van der Waals surface area (Å²) >= 11 is 0. The van der Waals surface area contributed by atoms with Gasteiger partial charge in [0.25, 0.3) is 5.91 Å². The topological polar surface area (TPSA) is 118 Å². The Morgan fingerprint density at radius 3 is 2.40 bits per heavy atom. The van der Waals surface area contributed by atoms with E-state index in [4.69, 9.17) is 4.74 Å². The van der Waals surface area contributed by atoms with Gasteiger partial charge in [-0.3, -0.25) is 14.4 Å². The summed E-state index contributed by atoms with van der Waals surface area (Å²) in [6.45, 7) is 11.3. The largest absolute Gasteiger partial charge is 0.481 e. The molecule has 1 aliphatic rings. The summed E-state index contributed by atoms with van der Waals surface area (Å²) in [6, 6.07) is 3.14. The van der Waals surface area contributed by atoms with E-state index in [0.717, 1.165) is 17.2 Å². The first-order valence-electron chi connectivity index (χ1n) is 13.9. The predicted molar refractivity (Wildman–Crippen MR) is 156 cm³/mol. The number of carbonyl (C=O) groups is 3. The van der Waals surface area contributed by atoms with Crippen LogP contribution in [0.25, 0.3) is 5.57 Å². The number of nitrogens with one attached hydrogen (secondary N) is 2. The molecule has 0 fully saturated rings. The third-order valence-corrected chi connectivity index (χ3v) is 7.25. The van der Waals surface area contributed by atoms with Crippen molar-refractivity contribution in [2.75, 3.05) is 7.11 Å². The van der Waals surface area contributed by atoms with Crippen molar-refractivity contribution in [2.45, 2.75) is 72.9 Å². The fraction of sp³-hybridized carbons (Fsp3) is 0.438. The SMILES string of the molecule is COc1nc(C)ccc1C(=O)N[C@@H](CC(C)C)C(=O)N[C@@H](CC(=O)O)c1cc(C2=C(C)C=CCC2(C)C)cc(F)c1F. The highest BCUT2D eigenvalue weighted by atomic mass is 19.2.